The van der Waals surface area contributed by atoms with E-state index in [9.17, 15) is 0 Å². The summed E-state index contributed by atoms with van der Waals surface area (Å²) in [6, 6.07) is 73.6. The van der Waals surface area contributed by atoms with Crippen molar-refractivity contribution in [2.24, 2.45) is 0 Å². The number of para-hydroxylation sites is 1. The molecule has 1 aromatic heterocycles. The van der Waals surface area contributed by atoms with Crippen molar-refractivity contribution in [1.29, 1.82) is 0 Å². The van der Waals surface area contributed by atoms with E-state index >= 15 is 0 Å². The first-order chi connectivity index (χ1) is 26.3. The highest BCUT2D eigenvalue weighted by Gasteiger charge is 2.53. The van der Waals surface area contributed by atoms with Gasteiger partial charge in [0.2, 0.25) is 0 Å². The van der Waals surface area contributed by atoms with Crippen LogP contribution in [0.4, 0.5) is 17.1 Å². The number of anilines is 3. The highest BCUT2D eigenvalue weighted by molar-refractivity contribution is 7.20. The van der Waals surface area contributed by atoms with Crippen LogP contribution in [0.2, 0.25) is 0 Å². The van der Waals surface area contributed by atoms with Gasteiger partial charge in [0.1, 0.15) is 0 Å². The van der Waals surface area contributed by atoms with Crippen LogP contribution in [0.25, 0.3) is 54.6 Å². The number of rotatable bonds is 5. The molecule has 9 aromatic rings. The van der Waals surface area contributed by atoms with Crippen molar-refractivity contribution in [2.75, 3.05) is 4.90 Å². The number of nitrogens with zero attached hydrogens (tertiary/aromatic N) is 1. The summed E-state index contributed by atoms with van der Waals surface area (Å²) >= 11 is 1.96. The van der Waals surface area contributed by atoms with Gasteiger partial charge >= 0.3 is 0 Å². The van der Waals surface area contributed by atoms with E-state index in [0.29, 0.717) is 0 Å². The minimum absolute atomic E-state index is 0.393. The molecule has 1 nitrogen and oxygen atoms in total. The topological polar surface area (TPSA) is 3.24 Å². The molecule has 0 amide bonds. The smallest absolute Gasteiger partial charge is 0.0820 e. The van der Waals surface area contributed by atoms with Gasteiger partial charge in [0.15, 0.2) is 0 Å². The van der Waals surface area contributed by atoms with Crippen LogP contribution in [-0.4, -0.2) is 0 Å². The second-order valence-corrected chi connectivity index (χ2v) is 15.1. The Bertz CT molecular complexity index is 2770. The third-order valence-corrected chi connectivity index (χ3v) is 12.6. The Morgan fingerprint density at radius 2 is 0.849 bits per heavy atom. The molecule has 8 aromatic carbocycles. The lowest BCUT2D eigenvalue weighted by Gasteiger charge is -2.31. The van der Waals surface area contributed by atoms with E-state index in [4.69, 9.17) is 0 Å². The minimum Gasteiger partial charge on any atom is -0.310 e. The fraction of sp³-hybridized carbons (Fsp3) is 0.0196. The largest absolute Gasteiger partial charge is 0.310 e. The summed E-state index contributed by atoms with van der Waals surface area (Å²) in [6.07, 6.45) is 0. The Morgan fingerprint density at radius 3 is 1.51 bits per heavy atom. The van der Waals surface area contributed by atoms with Crippen molar-refractivity contribution in [3.63, 3.8) is 0 Å². The lowest BCUT2D eigenvalue weighted by Crippen LogP contribution is -2.25. The van der Waals surface area contributed by atoms with E-state index in [1.807, 2.05) is 11.3 Å². The maximum absolute atomic E-state index is 2.49. The molecule has 0 unspecified atom stereocenters. The van der Waals surface area contributed by atoms with Crippen LogP contribution < -0.4 is 4.90 Å². The van der Waals surface area contributed by atoms with E-state index in [0.717, 1.165) is 17.1 Å². The third kappa shape index (κ3) is 4.43. The van der Waals surface area contributed by atoms with Gasteiger partial charge in [-0.1, -0.05) is 158 Å². The van der Waals surface area contributed by atoms with Crippen LogP contribution in [0.1, 0.15) is 21.6 Å². The Labute approximate surface area is 313 Å². The quantitative estimate of drug-likeness (QED) is 0.174. The lowest BCUT2D eigenvalue weighted by atomic mass is 9.73. The van der Waals surface area contributed by atoms with E-state index < -0.39 is 5.41 Å². The predicted octanol–water partition coefficient (Wildman–Crippen LogP) is 14.0. The second-order valence-electron chi connectivity index (χ2n) is 14.0. The number of hydrogen-bond donors (Lipinski definition) is 0. The Morgan fingerprint density at radius 1 is 0.358 bits per heavy atom. The molecule has 11 rings (SSSR count). The van der Waals surface area contributed by atoms with Gasteiger partial charge < -0.3 is 4.90 Å². The molecule has 2 aliphatic rings. The fourth-order valence-electron chi connectivity index (χ4n) is 8.98. The molecule has 0 saturated carbocycles. The van der Waals surface area contributed by atoms with Gasteiger partial charge in [0.05, 0.1) is 5.41 Å². The number of fused-ring (bicyclic) bond motifs is 12. The average molecular weight is 692 g/mol. The Balaban J connectivity index is 1.08. The number of hydrogen-bond acceptors (Lipinski definition) is 2. The van der Waals surface area contributed by atoms with Crippen LogP contribution in [0.5, 0.6) is 0 Å². The van der Waals surface area contributed by atoms with Gasteiger partial charge in [0, 0.05) is 37.6 Å². The number of benzene rings is 8. The van der Waals surface area contributed by atoms with Crippen LogP contribution in [0.15, 0.2) is 200 Å². The fourth-order valence-corrected chi connectivity index (χ4v) is 10.4. The molecule has 0 saturated heterocycles. The van der Waals surface area contributed by atoms with E-state index in [-0.39, 0.29) is 0 Å². The monoisotopic (exact) mass is 691 g/mol. The zero-order valence-electron chi connectivity index (χ0n) is 28.9. The van der Waals surface area contributed by atoms with Crippen LogP contribution in [-0.2, 0) is 5.41 Å². The van der Waals surface area contributed by atoms with Crippen molar-refractivity contribution in [3.8, 4) is 44.5 Å². The molecule has 0 fully saturated rings. The van der Waals surface area contributed by atoms with E-state index in [1.165, 1.54) is 76.2 Å². The highest BCUT2D eigenvalue weighted by atomic mass is 32.1. The first-order valence-corrected chi connectivity index (χ1v) is 19.1. The van der Waals surface area contributed by atoms with E-state index in [2.05, 4.69) is 205 Å². The molecule has 0 aliphatic heterocycles. The molecule has 2 aliphatic carbocycles. The maximum Gasteiger partial charge on any atom is 0.0820 e. The Kier molecular flexibility index (Phi) is 6.71. The molecule has 248 valence electrons. The zero-order chi connectivity index (χ0) is 34.9. The maximum atomic E-state index is 2.49. The first kappa shape index (κ1) is 30.2. The number of thiophene rings is 1. The molecule has 0 atom stereocenters. The summed E-state index contributed by atoms with van der Waals surface area (Å²) in [5.74, 6) is 0. The molecule has 0 radical (unpaired) electrons. The van der Waals surface area contributed by atoms with Gasteiger partial charge in [0.25, 0.3) is 0 Å². The van der Waals surface area contributed by atoms with Crippen molar-refractivity contribution in [2.45, 2.75) is 5.41 Å². The molecule has 1 spiro atoms. The summed E-state index contributed by atoms with van der Waals surface area (Å²) in [5.41, 5.74) is 17.4. The normalized spacial score (nSPS) is 13.1. The summed E-state index contributed by atoms with van der Waals surface area (Å²) in [6.45, 7) is 0. The Hall–Kier alpha value is -6.48. The van der Waals surface area contributed by atoms with E-state index in [1.54, 1.807) is 0 Å². The van der Waals surface area contributed by atoms with Crippen molar-refractivity contribution in [3.05, 3.63) is 222 Å². The van der Waals surface area contributed by atoms with Crippen molar-refractivity contribution >= 4 is 38.5 Å². The average Bonchev–Trinajstić information content (AvgIpc) is 3.86. The van der Waals surface area contributed by atoms with Crippen molar-refractivity contribution < 1.29 is 0 Å². The van der Waals surface area contributed by atoms with Gasteiger partial charge in [-0.3, -0.25) is 0 Å². The summed E-state index contributed by atoms with van der Waals surface area (Å²) in [4.78, 5) is 3.84. The predicted molar refractivity (Wildman–Crippen MR) is 224 cm³/mol. The highest BCUT2D eigenvalue weighted by Crippen LogP contribution is 2.66. The third-order valence-electron chi connectivity index (χ3n) is 11.3. The standard InChI is InChI=1S/C51H33NS/c1-3-13-34(14-4-1)35-23-25-36(26-24-35)37-27-29-39(30-28-37)52(38-15-5-2-6-16-38)40-31-32-43-47(33-40)51(50-49(43)44-19-9-12-22-48(44)53-50)45-20-10-7-17-41(45)42-18-8-11-21-46(42)51/h1-33H. The first-order valence-electron chi connectivity index (χ1n) is 18.3. The molecule has 2 heteroatoms. The molecule has 0 N–H and O–H groups in total. The molecule has 1 heterocycles. The summed E-state index contributed by atoms with van der Waals surface area (Å²) in [7, 11) is 0. The van der Waals surface area contributed by atoms with Crippen molar-refractivity contribution in [1.82, 2.24) is 0 Å². The molecule has 53 heavy (non-hydrogen) atoms. The minimum atomic E-state index is -0.393. The summed E-state index contributed by atoms with van der Waals surface area (Å²) < 4.78 is 1.34. The van der Waals surface area contributed by atoms with Crippen LogP contribution in [0, 0.1) is 0 Å². The van der Waals surface area contributed by atoms with Gasteiger partial charge in [-0.15, -0.1) is 11.3 Å². The summed E-state index contributed by atoms with van der Waals surface area (Å²) in [5, 5.41) is 1.34. The molecule has 0 bridgehead atoms. The van der Waals surface area contributed by atoms with Gasteiger partial charge in [-0.05, 0) is 98.1 Å². The zero-order valence-corrected chi connectivity index (χ0v) is 29.7. The van der Waals surface area contributed by atoms with Gasteiger partial charge in [-0.25, -0.2) is 0 Å². The van der Waals surface area contributed by atoms with Crippen LogP contribution in [0.3, 0.4) is 0 Å². The van der Waals surface area contributed by atoms with Gasteiger partial charge in [-0.2, -0.15) is 0 Å². The molecular formula is C51H33NS. The molecular weight excluding hydrogens is 659 g/mol. The lowest BCUT2D eigenvalue weighted by molar-refractivity contribution is 0.811. The SMILES string of the molecule is c1ccc(-c2ccc(-c3ccc(N(c4ccccc4)c4ccc5c(c4)C4(c6ccccc6-c6ccccc64)c4sc6ccccc6c4-5)cc3)cc2)cc1. The van der Waals surface area contributed by atoms with Crippen LogP contribution >= 0.6 is 11.3 Å². The second kappa shape index (κ2) is 11.8.